The fourth-order valence-corrected chi connectivity index (χ4v) is 1.52. The summed E-state index contributed by atoms with van der Waals surface area (Å²) in [7, 11) is 0. The van der Waals surface area contributed by atoms with Crippen molar-refractivity contribution in [3.63, 3.8) is 0 Å². The van der Waals surface area contributed by atoms with E-state index in [0.717, 1.165) is 12.8 Å². The van der Waals surface area contributed by atoms with Gasteiger partial charge in [0.15, 0.2) is 6.29 Å². The van der Waals surface area contributed by atoms with Gasteiger partial charge in [-0.3, -0.25) is 0 Å². The lowest BCUT2D eigenvalue weighted by atomic mass is 9.98. The van der Waals surface area contributed by atoms with E-state index in [-0.39, 0.29) is 12.1 Å². The number of aliphatic hydroxyl groups excluding tert-OH is 1. The molecule has 0 bridgehead atoms. The Labute approximate surface area is 73.9 Å². The van der Waals surface area contributed by atoms with Crippen molar-refractivity contribution in [3.8, 4) is 0 Å². The molecule has 0 amide bonds. The second kappa shape index (κ2) is 4.80. The molecule has 12 heavy (non-hydrogen) atoms. The van der Waals surface area contributed by atoms with Crippen molar-refractivity contribution in [2.75, 3.05) is 0 Å². The summed E-state index contributed by atoms with van der Waals surface area (Å²) in [5.74, 6) is 0. The first-order chi connectivity index (χ1) is 5.70. The van der Waals surface area contributed by atoms with Gasteiger partial charge in [-0.15, -0.1) is 0 Å². The van der Waals surface area contributed by atoms with Crippen molar-refractivity contribution in [1.82, 2.24) is 0 Å². The summed E-state index contributed by atoms with van der Waals surface area (Å²) in [4.78, 5) is 0. The average Bonchev–Trinajstić information content (AvgIpc) is 2.06. The minimum absolute atomic E-state index is 0.236. The third-order valence-corrected chi connectivity index (χ3v) is 2.33. The molecule has 0 radical (unpaired) electrons. The fraction of sp³-hybridized carbons (Fsp3) is 1.00. The Morgan fingerprint density at radius 3 is 2.42 bits per heavy atom. The van der Waals surface area contributed by atoms with Crippen LogP contribution in [0, 0.1) is 0 Å². The highest BCUT2D eigenvalue weighted by atomic mass is 16.6. The molecule has 1 rings (SSSR count). The molecule has 0 aromatic carbocycles. The van der Waals surface area contributed by atoms with Crippen molar-refractivity contribution >= 4 is 0 Å². The maximum atomic E-state index is 9.33. The SMILES string of the molecule is CC(N)C(O)OC1CCCCC1. The van der Waals surface area contributed by atoms with Gasteiger partial charge >= 0.3 is 0 Å². The molecule has 2 atom stereocenters. The predicted molar refractivity (Wildman–Crippen MR) is 47.6 cm³/mol. The molecule has 1 aliphatic rings. The van der Waals surface area contributed by atoms with E-state index in [1.165, 1.54) is 19.3 Å². The molecule has 1 fully saturated rings. The average molecular weight is 173 g/mol. The highest BCUT2D eigenvalue weighted by Gasteiger charge is 2.19. The molecular formula is C9H19NO2. The summed E-state index contributed by atoms with van der Waals surface area (Å²) in [5.41, 5.74) is 5.48. The smallest absolute Gasteiger partial charge is 0.169 e. The predicted octanol–water partition coefficient (Wildman–Crippen LogP) is 1.00. The Morgan fingerprint density at radius 2 is 1.92 bits per heavy atom. The molecular weight excluding hydrogens is 154 g/mol. The molecule has 0 spiro atoms. The highest BCUT2D eigenvalue weighted by molar-refractivity contribution is 4.67. The summed E-state index contributed by atoms with van der Waals surface area (Å²) in [6.45, 7) is 1.76. The lowest BCUT2D eigenvalue weighted by Crippen LogP contribution is -2.37. The van der Waals surface area contributed by atoms with Gasteiger partial charge in [0, 0.05) is 0 Å². The van der Waals surface area contributed by atoms with Crippen molar-refractivity contribution < 1.29 is 9.84 Å². The summed E-state index contributed by atoms with van der Waals surface area (Å²) in [6.07, 6.45) is 5.34. The van der Waals surface area contributed by atoms with Gasteiger partial charge in [-0.05, 0) is 19.8 Å². The minimum atomic E-state index is -0.784. The van der Waals surface area contributed by atoms with Crippen LogP contribution >= 0.6 is 0 Å². The lowest BCUT2D eigenvalue weighted by molar-refractivity contribution is -0.152. The van der Waals surface area contributed by atoms with Crippen LogP contribution in [-0.2, 0) is 4.74 Å². The summed E-state index contributed by atoms with van der Waals surface area (Å²) < 4.78 is 5.38. The first kappa shape index (κ1) is 9.96. The van der Waals surface area contributed by atoms with E-state index >= 15 is 0 Å². The molecule has 0 saturated heterocycles. The molecule has 2 unspecified atom stereocenters. The second-order valence-corrected chi connectivity index (χ2v) is 3.65. The molecule has 0 heterocycles. The van der Waals surface area contributed by atoms with Gasteiger partial charge in [-0.2, -0.15) is 0 Å². The molecule has 0 aromatic rings. The van der Waals surface area contributed by atoms with Crippen LogP contribution in [0.3, 0.4) is 0 Å². The quantitative estimate of drug-likeness (QED) is 0.626. The van der Waals surface area contributed by atoms with Gasteiger partial charge in [0.25, 0.3) is 0 Å². The number of ether oxygens (including phenoxy) is 1. The Kier molecular flexibility index (Phi) is 3.98. The molecule has 3 nitrogen and oxygen atoms in total. The van der Waals surface area contributed by atoms with E-state index in [1.807, 2.05) is 0 Å². The standard InChI is InChI=1S/C9H19NO2/c1-7(10)9(11)12-8-5-3-2-4-6-8/h7-9,11H,2-6,10H2,1H3. The van der Waals surface area contributed by atoms with Crippen molar-refractivity contribution in [1.29, 1.82) is 0 Å². The van der Waals surface area contributed by atoms with Crippen LogP contribution in [-0.4, -0.2) is 23.5 Å². The first-order valence-corrected chi connectivity index (χ1v) is 4.79. The third kappa shape index (κ3) is 3.09. The molecule has 3 N–H and O–H groups in total. The minimum Gasteiger partial charge on any atom is -0.367 e. The van der Waals surface area contributed by atoms with Gasteiger partial charge in [-0.1, -0.05) is 19.3 Å². The Balaban J connectivity index is 2.20. The van der Waals surface area contributed by atoms with Gasteiger partial charge in [0.2, 0.25) is 0 Å². The van der Waals surface area contributed by atoms with Crippen LogP contribution in [0.5, 0.6) is 0 Å². The van der Waals surface area contributed by atoms with Crippen LogP contribution in [0.1, 0.15) is 39.0 Å². The molecule has 3 heteroatoms. The second-order valence-electron chi connectivity index (χ2n) is 3.65. The van der Waals surface area contributed by atoms with Crippen LogP contribution < -0.4 is 5.73 Å². The maximum Gasteiger partial charge on any atom is 0.169 e. The molecule has 0 aromatic heterocycles. The highest BCUT2D eigenvalue weighted by Crippen LogP contribution is 2.21. The van der Waals surface area contributed by atoms with E-state index in [2.05, 4.69) is 0 Å². The van der Waals surface area contributed by atoms with E-state index in [9.17, 15) is 5.11 Å². The van der Waals surface area contributed by atoms with Crippen LogP contribution in [0.15, 0.2) is 0 Å². The number of aliphatic hydroxyl groups is 1. The van der Waals surface area contributed by atoms with E-state index in [0.29, 0.717) is 0 Å². The van der Waals surface area contributed by atoms with Crippen molar-refractivity contribution in [2.45, 2.75) is 57.5 Å². The van der Waals surface area contributed by atoms with Crippen molar-refractivity contribution in [2.24, 2.45) is 5.73 Å². The summed E-state index contributed by atoms with van der Waals surface area (Å²) >= 11 is 0. The zero-order valence-corrected chi connectivity index (χ0v) is 7.70. The molecule has 1 saturated carbocycles. The monoisotopic (exact) mass is 173 g/mol. The molecule has 72 valence electrons. The number of hydrogen-bond donors (Lipinski definition) is 2. The van der Waals surface area contributed by atoms with Gasteiger partial charge in [0.1, 0.15) is 0 Å². The van der Waals surface area contributed by atoms with Crippen molar-refractivity contribution in [3.05, 3.63) is 0 Å². The third-order valence-electron chi connectivity index (χ3n) is 2.33. The van der Waals surface area contributed by atoms with Gasteiger partial charge in [0.05, 0.1) is 12.1 Å². The molecule has 1 aliphatic carbocycles. The van der Waals surface area contributed by atoms with Crippen LogP contribution in [0.25, 0.3) is 0 Å². The van der Waals surface area contributed by atoms with E-state index in [1.54, 1.807) is 6.92 Å². The number of rotatable bonds is 3. The number of hydrogen-bond acceptors (Lipinski definition) is 3. The fourth-order valence-electron chi connectivity index (χ4n) is 1.52. The van der Waals surface area contributed by atoms with E-state index in [4.69, 9.17) is 10.5 Å². The van der Waals surface area contributed by atoms with Crippen LogP contribution in [0.2, 0.25) is 0 Å². The normalized spacial score (nSPS) is 25.2. The zero-order chi connectivity index (χ0) is 8.97. The Hall–Kier alpha value is -0.120. The largest absolute Gasteiger partial charge is 0.367 e. The van der Waals surface area contributed by atoms with Crippen LogP contribution in [0.4, 0.5) is 0 Å². The van der Waals surface area contributed by atoms with Gasteiger partial charge in [-0.25, -0.2) is 0 Å². The lowest BCUT2D eigenvalue weighted by Gasteiger charge is -2.26. The number of nitrogens with two attached hydrogens (primary N) is 1. The zero-order valence-electron chi connectivity index (χ0n) is 7.70. The first-order valence-electron chi connectivity index (χ1n) is 4.79. The summed E-state index contributed by atoms with van der Waals surface area (Å²) in [5, 5.41) is 9.33. The Morgan fingerprint density at radius 1 is 1.33 bits per heavy atom. The Bertz CT molecular complexity index is 122. The topological polar surface area (TPSA) is 55.5 Å². The summed E-state index contributed by atoms with van der Waals surface area (Å²) in [6, 6.07) is -0.285. The van der Waals surface area contributed by atoms with E-state index < -0.39 is 6.29 Å². The van der Waals surface area contributed by atoms with Gasteiger partial charge < -0.3 is 15.6 Å². The molecule has 0 aliphatic heterocycles. The maximum absolute atomic E-state index is 9.33.